The predicted molar refractivity (Wildman–Crippen MR) is 75.8 cm³/mol. The molecule has 0 bridgehead atoms. The Labute approximate surface area is 121 Å². The van der Waals surface area contributed by atoms with E-state index in [0.29, 0.717) is 12.6 Å². The number of hydrogen-bond acceptors (Lipinski definition) is 5. The van der Waals surface area contributed by atoms with E-state index in [2.05, 4.69) is 27.6 Å². The summed E-state index contributed by atoms with van der Waals surface area (Å²) >= 11 is 0. The smallest absolute Gasteiger partial charge is 0.368 e. The average molecular weight is 303 g/mol. The van der Waals surface area contributed by atoms with Crippen molar-refractivity contribution in [3.05, 3.63) is 17.7 Å². The Morgan fingerprint density at radius 1 is 1.38 bits per heavy atom. The lowest BCUT2D eigenvalue weighted by Crippen LogP contribution is -2.34. The van der Waals surface area contributed by atoms with Gasteiger partial charge >= 0.3 is 6.18 Å². The topological polar surface area (TPSA) is 66.2 Å². The van der Waals surface area contributed by atoms with Crippen molar-refractivity contribution in [2.24, 2.45) is 5.84 Å². The van der Waals surface area contributed by atoms with Crippen LogP contribution in [0.3, 0.4) is 0 Å². The normalized spacial score (nSPS) is 19.8. The Balaban J connectivity index is 2.09. The van der Waals surface area contributed by atoms with Gasteiger partial charge in [-0.1, -0.05) is 6.92 Å². The highest BCUT2D eigenvalue weighted by molar-refractivity contribution is 5.49. The lowest BCUT2D eigenvalue weighted by molar-refractivity contribution is -0.137. The lowest BCUT2D eigenvalue weighted by atomic mass is 10.2. The molecule has 1 saturated heterocycles. The third kappa shape index (κ3) is 3.98. The van der Waals surface area contributed by atoms with Crippen LogP contribution in [0.25, 0.3) is 0 Å². The number of aromatic nitrogens is 1. The molecule has 0 aromatic carbocycles. The van der Waals surface area contributed by atoms with Crippen molar-refractivity contribution < 1.29 is 13.2 Å². The monoisotopic (exact) mass is 303 g/mol. The molecule has 2 rings (SSSR count). The molecule has 0 saturated carbocycles. The highest BCUT2D eigenvalue weighted by Crippen LogP contribution is 2.32. The van der Waals surface area contributed by atoms with Crippen LogP contribution in [0.15, 0.2) is 12.1 Å². The maximum atomic E-state index is 12.8. The molecular weight excluding hydrogens is 283 g/mol. The van der Waals surface area contributed by atoms with E-state index in [4.69, 9.17) is 5.84 Å². The van der Waals surface area contributed by atoms with Crippen LogP contribution in [0.1, 0.15) is 25.3 Å². The number of pyridine rings is 1. The summed E-state index contributed by atoms with van der Waals surface area (Å²) in [6.07, 6.45) is -2.26. The number of anilines is 2. The van der Waals surface area contributed by atoms with Crippen molar-refractivity contribution in [3.63, 3.8) is 0 Å². The molecule has 4 N–H and O–H groups in total. The van der Waals surface area contributed by atoms with Gasteiger partial charge in [0, 0.05) is 12.6 Å². The minimum absolute atomic E-state index is 0.00825. The molecule has 2 heterocycles. The van der Waals surface area contributed by atoms with E-state index in [1.807, 2.05) is 0 Å². The van der Waals surface area contributed by atoms with E-state index in [1.165, 1.54) is 0 Å². The van der Waals surface area contributed by atoms with Crippen molar-refractivity contribution in [3.8, 4) is 0 Å². The van der Waals surface area contributed by atoms with Gasteiger partial charge in [-0.3, -0.25) is 4.90 Å². The average Bonchev–Trinajstić information content (AvgIpc) is 2.91. The van der Waals surface area contributed by atoms with Gasteiger partial charge in [-0.05, 0) is 38.1 Å². The number of likely N-dealkylation sites (N-methyl/N-ethyl adjacent to an activating group) is 1. The summed E-state index contributed by atoms with van der Waals surface area (Å²) < 4.78 is 38.4. The van der Waals surface area contributed by atoms with E-state index in [9.17, 15) is 13.2 Å². The van der Waals surface area contributed by atoms with Gasteiger partial charge < -0.3 is 10.7 Å². The number of nitrogens with two attached hydrogens (primary N) is 1. The van der Waals surface area contributed by atoms with Gasteiger partial charge in [-0.2, -0.15) is 13.2 Å². The van der Waals surface area contributed by atoms with E-state index in [1.54, 1.807) is 0 Å². The molecule has 5 nitrogen and oxygen atoms in total. The second-order valence-electron chi connectivity index (χ2n) is 5.07. The lowest BCUT2D eigenvalue weighted by Gasteiger charge is -2.23. The van der Waals surface area contributed by atoms with Gasteiger partial charge in [0.2, 0.25) is 0 Å². The minimum Gasteiger partial charge on any atom is -0.368 e. The number of alkyl halides is 3. The molecule has 0 amide bonds. The Bertz CT molecular complexity index is 477. The number of nitrogens with one attached hydrogen (secondary N) is 2. The summed E-state index contributed by atoms with van der Waals surface area (Å²) in [4.78, 5) is 6.32. The van der Waals surface area contributed by atoms with Crippen LogP contribution in [-0.4, -0.2) is 35.6 Å². The van der Waals surface area contributed by atoms with Crippen LogP contribution in [0.4, 0.5) is 24.8 Å². The maximum absolute atomic E-state index is 12.8. The SMILES string of the molecule is CCN1CCCC1CNc1cc(C(F)(F)F)cc(NN)n1. The summed E-state index contributed by atoms with van der Waals surface area (Å²) in [6, 6.07) is 2.23. The first-order valence-electron chi connectivity index (χ1n) is 6.98. The van der Waals surface area contributed by atoms with Gasteiger partial charge in [0.05, 0.1) is 5.56 Å². The molecule has 1 fully saturated rings. The summed E-state index contributed by atoms with van der Waals surface area (Å²) in [5, 5.41) is 2.99. The third-order valence-electron chi connectivity index (χ3n) is 3.72. The summed E-state index contributed by atoms with van der Waals surface area (Å²) in [6.45, 7) is 4.63. The quantitative estimate of drug-likeness (QED) is 0.575. The third-order valence-corrected chi connectivity index (χ3v) is 3.72. The molecule has 0 radical (unpaired) electrons. The van der Waals surface area contributed by atoms with Crippen molar-refractivity contribution in [2.75, 3.05) is 30.4 Å². The van der Waals surface area contributed by atoms with E-state index in [-0.39, 0.29) is 11.6 Å². The maximum Gasteiger partial charge on any atom is 0.416 e. The van der Waals surface area contributed by atoms with Crippen molar-refractivity contribution in [1.29, 1.82) is 0 Å². The molecular formula is C13H20F3N5. The Hall–Kier alpha value is -1.54. The number of nitrogens with zero attached hydrogens (tertiary/aromatic N) is 2. The van der Waals surface area contributed by atoms with Crippen LogP contribution in [-0.2, 0) is 6.18 Å². The first-order valence-corrected chi connectivity index (χ1v) is 6.98. The zero-order valence-corrected chi connectivity index (χ0v) is 11.9. The van der Waals surface area contributed by atoms with E-state index < -0.39 is 11.7 Å². The molecule has 1 atom stereocenters. The molecule has 1 unspecified atom stereocenters. The highest BCUT2D eigenvalue weighted by atomic mass is 19.4. The fourth-order valence-electron chi connectivity index (χ4n) is 2.62. The molecule has 1 aromatic rings. The Morgan fingerprint density at radius 2 is 2.10 bits per heavy atom. The molecule has 0 aliphatic carbocycles. The van der Waals surface area contributed by atoms with Gasteiger partial charge in [-0.25, -0.2) is 10.8 Å². The summed E-state index contributed by atoms with van der Waals surface area (Å²) in [5.74, 6) is 5.35. The van der Waals surface area contributed by atoms with Crippen LogP contribution in [0, 0.1) is 0 Å². The van der Waals surface area contributed by atoms with Crippen LogP contribution >= 0.6 is 0 Å². The zero-order chi connectivity index (χ0) is 15.5. The van der Waals surface area contributed by atoms with Gasteiger partial charge in [0.15, 0.2) is 0 Å². The number of hydrogen-bond donors (Lipinski definition) is 3. The standard InChI is InChI=1S/C13H20F3N5/c1-2-21-5-3-4-10(21)8-18-11-6-9(13(14,15)16)7-12(19-11)20-17/h6-7,10H,2-5,8,17H2,1H3,(H2,18,19,20). The first kappa shape index (κ1) is 15.8. The molecule has 8 heteroatoms. The zero-order valence-electron chi connectivity index (χ0n) is 11.9. The Kier molecular flexibility index (Phi) is 4.89. The second kappa shape index (κ2) is 6.48. The van der Waals surface area contributed by atoms with Crippen LogP contribution < -0.4 is 16.6 Å². The van der Waals surface area contributed by atoms with E-state index in [0.717, 1.165) is 38.1 Å². The van der Waals surface area contributed by atoms with Crippen molar-refractivity contribution in [1.82, 2.24) is 9.88 Å². The molecule has 118 valence electrons. The Morgan fingerprint density at radius 3 is 2.71 bits per heavy atom. The number of rotatable bonds is 5. The summed E-state index contributed by atoms with van der Waals surface area (Å²) in [7, 11) is 0. The minimum atomic E-state index is -4.42. The largest absolute Gasteiger partial charge is 0.416 e. The second-order valence-corrected chi connectivity index (χ2v) is 5.07. The fraction of sp³-hybridized carbons (Fsp3) is 0.615. The number of likely N-dealkylation sites (tertiary alicyclic amines) is 1. The van der Waals surface area contributed by atoms with Gasteiger partial charge in [-0.15, -0.1) is 0 Å². The predicted octanol–water partition coefficient (Wildman–Crippen LogP) is 2.28. The van der Waals surface area contributed by atoms with Gasteiger partial charge in [0.1, 0.15) is 11.6 Å². The highest BCUT2D eigenvalue weighted by Gasteiger charge is 2.32. The van der Waals surface area contributed by atoms with E-state index >= 15 is 0 Å². The number of nitrogen functional groups attached to an aromatic ring is 1. The van der Waals surface area contributed by atoms with Crippen LogP contribution in [0.2, 0.25) is 0 Å². The first-order chi connectivity index (χ1) is 9.94. The molecule has 1 aliphatic rings. The fourth-order valence-corrected chi connectivity index (χ4v) is 2.62. The molecule has 0 spiro atoms. The van der Waals surface area contributed by atoms with Crippen molar-refractivity contribution >= 4 is 11.6 Å². The summed E-state index contributed by atoms with van der Waals surface area (Å²) in [5.41, 5.74) is 1.39. The molecule has 21 heavy (non-hydrogen) atoms. The molecule has 1 aromatic heterocycles. The van der Waals surface area contributed by atoms with Crippen molar-refractivity contribution in [2.45, 2.75) is 32.0 Å². The van der Waals surface area contributed by atoms with Crippen LogP contribution in [0.5, 0.6) is 0 Å². The number of halogens is 3. The van der Waals surface area contributed by atoms with Gasteiger partial charge in [0.25, 0.3) is 0 Å². The molecule has 1 aliphatic heterocycles. The number of hydrazine groups is 1.